The average molecular weight is 310 g/mol. The van der Waals surface area contributed by atoms with Gasteiger partial charge in [-0.15, -0.1) is 0 Å². The zero-order valence-corrected chi connectivity index (χ0v) is 14.2. The predicted molar refractivity (Wildman–Crippen MR) is 86.3 cm³/mol. The van der Waals surface area contributed by atoms with E-state index in [1.54, 1.807) is 6.07 Å². The molecule has 0 bridgehead atoms. The number of carbonyl (C=O) groups excluding carboxylic acids is 1. The van der Waals surface area contributed by atoms with E-state index in [4.69, 9.17) is 4.74 Å². The van der Waals surface area contributed by atoms with Gasteiger partial charge in [0.15, 0.2) is 0 Å². The van der Waals surface area contributed by atoms with Gasteiger partial charge in [-0.3, -0.25) is 0 Å². The smallest absolute Gasteiger partial charge is 0.407 e. The van der Waals surface area contributed by atoms with Crippen LogP contribution in [-0.4, -0.2) is 37.2 Å². The number of halogens is 1. The highest BCUT2D eigenvalue weighted by Crippen LogP contribution is 2.13. The summed E-state index contributed by atoms with van der Waals surface area (Å²) in [6, 6.07) is 4.95. The second kappa shape index (κ2) is 8.13. The van der Waals surface area contributed by atoms with Crippen LogP contribution >= 0.6 is 0 Å². The molecule has 0 aliphatic carbocycles. The van der Waals surface area contributed by atoms with Crippen molar-refractivity contribution in [2.45, 2.75) is 45.8 Å². The second-order valence-corrected chi connectivity index (χ2v) is 6.69. The number of hydrogen-bond acceptors (Lipinski definition) is 3. The molecule has 0 aromatic heterocycles. The van der Waals surface area contributed by atoms with Crippen molar-refractivity contribution in [1.82, 2.24) is 10.2 Å². The van der Waals surface area contributed by atoms with Gasteiger partial charge in [-0.2, -0.15) is 0 Å². The Balaban J connectivity index is 2.56. The zero-order chi connectivity index (χ0) is 16.8. The minimum Gasteiger partial charge on any atom is -0.444 e. The average Bonchev–Trinajstić information content (AvgIpc) is 2.37. The molecule has 0 fully saturated rings. The van der Waals surface area contributed by atoms with Crippen molar-refractivity contribution in [1.29, 1.82) is 0 Å². The van der Waals surface area contributed by atoms with E-state index in [9.17, 15) is 9.18 Å². The van der Waals surface area contributed by atoms with E-state index in [1.807, 2.05) is 40.9 Å². The SMILES string of the molecule is CN(C)CCCc1cc(CNC(=O)OC(C)(C)C)ccc1F. The van der Waals surface area contributed by atoms with Gasteiger partial charge in [-0.05, 0) is 71.4 Å². The molecule has 1 rings (SSSR count). The third kappa shape index (κ3) is 7.41. The number of rotatable bonds is 6. The Morgan fingerprint density at radius 3 is 2.59 bits per heavy atom. The van der Waals surface area contributed by atoms with Crippen molar-refractivity contribution in [3.8, 4) is 0 Å². The number of benzene rings is 1. The highest BCUT2D eigenvalue weighted by atomic mass is 19.1. The molecule has 0 radical (unpaired) electrons. The molecular weight excluding hydrogens is 283 g/mol. The molecule has 0 unspecified atom stereocenters. The van der Waals surface area contributed by atoms with Crippen LogP contribution in [-0.2, 0) is 17.7 Å². The van der Waals surface area contributed by atoms with Crippen molar-refractivity contribution >= 4 is 6.09 Å². The molecule has 22 heavy (non-hydrogen) atoms. The van der Waals surface area contributed by atoms with Crippen molar-refractivity contribution in [2.24, 2.45) is 0 Å². The number of alkyl carbamates (subject to hydrolysis) is 1. The molecular formula is C17H27FN2O2. The topological polar surface area (TPSA) is 41.6 Å². The lowest BCUT2D eigenvalue weighted by Gasteiger charge is -2.19. The summed E-state index contributed by atoms with van der Waals surface area (Å²) >= 11 is 0. The van der Waals surface area contributed by atoms with Crippen molar-refractivity contribution < 1.29 is 13.9 Å². The third-order valence-corrected chi connectivity index (χ3v) is 3.00. The molecule has 5 heteroatoms. The lowest BCUT2D eigenvalue weighted by molar-refractivity contribution is 0.0523. The Hall–Kier alpha value is -1.62. The van der Waals surface area contributed by atoms with E-state index in [-0.39, 0.29) is 5.82 Å². The van der Waals surface area contributed by atoms with Crippen LogP contribution in [0.3, 0.4) is 0 Å². The highest BCUT2D eigenvalue weighted by molar-refractivity contribution is 5.67. The summed E-state index contributed by atoms with van der Waals surface area (Å²) in [6.45, 7) is 6.68. The highest BCUT2D eigenvalue weighted by Gasteiger charge is 2.15. The molecule has 0 spiro atoms. The maximum atomic E-state index is 13.8. The lowest BCUT2D eigenvalue weighted by atomic mass is 10.1. The van der Waals surface area contributed by atoms with Gasteiger partial charge < -0.3 is 15.0 Å². The molecule has 1 aromatic rings. The number of nitrogens with zero attached hydrogens (tertiary/aromatic N) is 1. The molecule has 1 amide bonds. The monoisotopic (exact) mass is 310 g/mol. The number of hydrogen-bond donors (Lipinski definition) is 1. The van der Waals surface area contributed by atoms with Crippen LogP contribution in [0.4, 0.5) is 9.18 Å². The van der Waals surface area contributed by atoms with Crippen LogP contribution in [0.1, 0.15) is 38.3 Å². The van der Waals surface area contributed by atoms with Crippen LogP contribution in [0.25, 0.3) is 0 Å². The van der Waals surface area contributed by atoms with Crippen LogP contribution in [0.2, 0.25) is 0 Å². The summed E-state index contributed by atoms with van der Waals surface area (Å²) in [5, 5.41) is 2.68. The van der Waals surface area contributed by atoms with Gasteiger partial charge in [0.2, 0.25) is 0 Å². The zero-order valence-electron chi connectivity index (χ0n) is 14.2. The molecule has 0 heterocycles. The number of ether oxygens (including phenoxy) is 1. The Morgan fingerprint density at radius 1 is 1.32 bits per heavy atom. The molecule has 124 valence electrons. The fourth-order valence-corrected chi connectivity index (χ4v) is 2.00. The van der Waals surface area contributed by atoms with Crippen LogP contribution < -0.4 is 5.32 Å². The fraction of sp³-hybridized carbons (Fsp3) is 0.588. The van der Waals surface area contributed by atoms with E-state index < -0.39 is 11.7 Å². The maximum Gasteiger partial charge on any atom is 0.407 e. The number of carbonyl (C=O) groups is 1. The number of nitrogens with one attached hydrogen (secondary N) is 1. The van der Waals surface area contributed by atoms with Gasteiger partial charge in [-0.1, -0.05) is 12.1 Å². The third-order valence-electron chi connectivity index (χ3n) is 3.00. The Labute approximate surface area is 132 Å². The molecule has 0 atom stereocenters. The molecule has 4 nitrogen and oxygen atoms in total. The summed E-state index contributed by atoms with van der Waals surface area (Å²) in [5.41, 5.74) is 1.03. The van der Waals surface area contributed by atoms with Gasteiger partial charge in [-0.25, -0.2) is 9.18 Å². The van der Waals surface area contributed by atoms with Crippen molar-refractivity contribution in [3.63, 3.8) is 0 Å². The molecule has 0 aliphatic rings. The van der Waals surface area contributed by atoms with Crippen LogP contribution in [0.5, 0.6) is 0 Å². The molecule has 0 saturated carbocycles. The van der Waals surface area contributed by atoms with Gasteiger partial charge in [0, 0.05) is 6.54 Å². The Kier molecular flexibility index (Phi) is 6.81. The first-order valence-corrected chi connectivity index (χ1v) is 7.56. The molecule has 0 saturated heterocycles. The van der Waals surface area contributed by atoms with E-state index in [2.05, 4.69) is 10.2 Å². The van der Waals surface area contributed by atoms with Crippen LogP contribution in [0, 0.1) is 5.82 Å². The van der Waals surface area contributed by atoms with Gasteiger partial charge in [0.05, 0.1) is 0 Å². The minimum atomic E-state index is -0.524. The Morgan fingerprint density at radius 2 is 2.00 bits per heavy atom. The van der Waals surface area contributed by atoms with E-state index in [0.717, 1.165) is 18.5 Å². The van der Waals surface area contributed by atoms with Crippen molar-refractivity contribution in [2.75, 3.05) is 20.6 Å². The van der Waals surface area contributed by atoms with E-state index in [1.165, 1.54) is 6.07 Å². The van der Waals surface area contributed by atoms with Gasteiger partial charge in [0.25, 0.3) is 0 Å². The molecule has 0 aliphatic heterocycles. The summed E-state index contributed by atoms with van der Waals surface area (Å²) in [7, 11) is 4.00. The standard InChI is InChI=1S/C17H27FN2O2/c1-17(2,3)22-16(21)19-12-13-8-9-15(18)14(11-13)7-6-10-20(4)5/h8-9,11H,6-7,10,12H2,1-5H3,(H,19,21). The van der Waals surface area contributed by atoms with Crippen LogP contribution in [0.15, 0.2) is 18.2 Å². The predicted octanol–water partition coefficient (Wildman–Crippen LogP) is 3.34. The summed E-state index contributed by atoms with van der Waals surface area (Å²) < 4.78 is 19.0. The maximum absolute atomic E-state index is 13.8. The first kappa shape index (κ1) is 18.4. The Bertz CT molecular complexity index is 496. The fourth-order valence-electron chi connectivity index (χ4n) is 2.00. The molecule has 1 aromatic carbocycles. The van der Waals surface area contributed by atoms with Crippen molar-refractivity contribution in [3.05, 3.63) is 35.1 Å². The summed E-state index contributed by atoms with van der Waals surface area (Å²) in [6.07, 6.45) is 1.11. The van der Waals surface area contributed by atoms with Gasteiger partial charge in [0.1, 0.15) is 11.4 Å². The van der Waals surface area contributed by atoms with E-state index >= 15 is 0 Å². The van der Waals surface area contributed by atoms with E-state index in [0.29, 0.717) is 18.5 Å². The lowest BCUT2D eigenvalue weighted by Crippen LogP contribution is -2.32. The second-order valence-electron chi connectivity index (χ2n) is 6.69. The number of amides is 1. The minimum absolute atomic E-state index is 0.195. The summed E-state index contributed by atoms with van der Waals surface area (Å²) in [5.74, 6) is -0.195. The first-order chi connectivity index (χ1) is 10.2. The largest absolute Gasteiger partial charge is 0.444 e. The number of aryl methyl sites for hydroxylation is 1. The summed E-state index contributed by atoms with van der Waals surface area (Å²) in [4.78, 5) is 13.7. The normalized spacial score (nSPS) is 11.6. The quantitative estimate of drug-likeness (QED) is 0.876. The first-order valence-electron chi connectivity index (χ1n) is 7.56. The van der Waals surface area contributed by atoms with Gasteiger partial charge >= 0.3 is 6.09 Å². The molecule has 1 N–H and O–H groups in total.